The van der Waals surface area contributed by atoms with Crippen molar-refractivity contribution in [3.05, 3.63) is 88.2 Å². The summed E-state index contributed by atoms with van der Waals surface area (Å²) < 4.78 is 11.5. The van der Waals surface area contributed by atoms with Crippen LogP contribution in [0.3, 0.4) is 0 Å². The van der Waals surface area contributed by atoms with E-state index >= 15 is 0 Å². The van der Waals surface area contributed by atoms with Crippen LogP contribution in [0.4, 0.5) is 0 Å². The smallest absolute Gasteiger partial charge is 0.311 e. The zero-order valence-electron chi connectivity index (χ0n) is 20.6. The minimum Gasteiger partial charge on any atom is -0.493 e. The van der Waals surface area contributed by atoms with E-state index in [1.54, 1.807) is 14.2 Å². The van der Waals surface area contributed by atoms with Gasteiger partial charge in [-0.05, 0) is 64.4 Å². The monoisotopic (exact) mass is 518 g/mol. The summed E-state index contributed by atoms with van der Waals surface area (Å²) in [6.07, 6.45) is 1.29. The number of benzene rings is 3. The molecule has 5 rings (SSSR count). The number of halogens is 1. The van der Waals surface area contributed by atoms with Gasteiger partial charge in [0, 0.05) is 16.5 Å². The highest BCUT2D eigenvalue weighted by atomic mass is 35.5. The maximum atomic E-state index is 11.0. The zero-order valence-corrected chi connectivity index (χ0v) is 21.4. The zero-order chi connectivity index (χ0) is 25.9. The number of methoxy groups -OCH3 is 2. The molecule has 1 N–H and O–H groups in total. The van der Waals surface area contributed by atoms with E-state index in [0.29, 0.717) is 23.1 Å². The van der Waals surface area contributed by atoms with Crippen LogP contribution >= 0.6 is 11.6 Å². The maximum Gasteiger partial charge on any atom is 0.311 e. The number of carboxylic acid groups (broad SMARTS) is 1. The predicted octanol–water partition coefficient (Wildman–Crippen LogP) is 5.35. The number of hydrogen-bond donors (Lipinski definition) is 1. The third-order valence-electron chi connectivity index (χ3n) is 6.89. The number of ether oxygens (including phenoxy) is 2. The second-order valence-electron chi connectivity index (χ2n) is 9.05. The number of aromatic nitrogens is 4. The van der Waals surface area contributed by atoms with E-state index < -0.39 is 5.97 Å². The normalized spacial score (nSPS) is 16.4. The van der Waals surface area contributed by atoms with Crippen molar-refractivity contribution in [2.45, 2.75) is 37.6 Å². The Morgan fingerprint density at radius 3 is 2.59 bits per heavy atom. The third kappa shape index (κ3) is 5.02. The first kappa shape index (κ1) is 24.8. The van der Waals surface area contributed by atoms with Crippen LogP contribution in [0.1, 0.15) is 47.2 Å². The summed E-state index contributed by atoms with van der Waals surface area (Å²) in [5.41, 5.74) is 5.71. The number of nitrogens with zero attached hydrogens (tertiary/aromatic N) is 4. The summed E-state index contributed by atoms with van der Waals surface area (Å²) >= 11 is 6.53. The number of aliphatic carboxylic acids is 1. The lowest BCUT2D eigenvalue weighted by molar-refractivity contribution is -0.136. The number of carboxylic acids is 1. The summed E-state index contributed by atoms with van der Waals surface area (Å²) in [6.45, 7) is 0.505. The van der Waals surface area contributed by atoms with Crippen LogP contribution in [0.15, 0.2) is 60.7 Å². The second kappa shape index (κ2) is 10.6. The highest BCUT2D eigenvalue weighted by Crippen LogP contribution is 2.50. The average Bonchev–Trinajstić information content (AvgIpc) is 3.29. The molecule has 0 saturated heterocycles. The highest BCUT2D eigenvalue weighted by Gasteiger charge is 2.32. The number of para-hydroxylation sites is 1. The summed E-state index contributed by atoms with van der Waals surface area (Å²) in [4.78, 5) is 12.5. The molecule has 1 heterocycles. The molecular formula is C28H27ClN4O4. The molecule has 0 spiro atoms. The fourth-order valence-corrected chi connectivity index (χ4v) is 5.49. The molecule has 0 saturated carbocycles. The molecule has 2 atom stereocenters. The van der Waals surface area contributed by atoms with Crippen molar-refractivity contribution in [1.82, 2.24) is 20.2 Å². The Kier molecular flexibility index (Phi) is 7.10. The molecule has 0 bridgehead atoms. The fraction of sp³-hybridized carbons (Fsp3) is 0.286. The third-order valence-corrected chi connectivity index (χ3v) is 7.13. The standard InChI is InChI=1S/C28H27ClN4O4/c1-36-25-9-5-8-22(28(25)37-2)23-14-17(12-13-33-31-26(30-32-33)16-27(34)35)19-6-3-4-7-20(19)21-11-10-18(29)15-24(21)23/h3-11,15,17,23H,12-14,16H2,1-2H3,(H,34,35)/t17-,23-/m1/s1. The van der Waals surface area contributed by atoms with Gasteiger partial charge in [0.05, 0.1) is 20.8 Å². The Hall–Kier alpha value is -3.91. The van der Waals surface area contributed by atoms with Crippen molar-refractivity contribution in [2.75, 3.05) is 14.2 Å². The van der Waals surface area contributed by atoms with Crippen LogP contribution in [0.25, 0.3) is 11.1 Å². The first-order valence-electron chi connectivity index (χ1n) is 12.1. The first-order valence-corrected chi connectivity index (χ1v) is 12.4. The number of carbonyl (C=O) groups is 1. The SMILES string of the molecule is COc1cccc([C@H]2C[C@@H](CCn3nnc(CC(=O)O)n3)c3ccccc3-c3ccc(Cl)cc32)c1OC. The van der Waals surface area contributed by atoms with Gasteiger partial charge in [0.15, 0.2) is 17.3 Å². The Balaban J connectivity index is 1.58. The summed E-state index contributed by atoms with van der Waals surface area (Å²) in [5, 5.41) is 21.9. The van der Waals surface area contributed by atoms with Crippen molar-refractivity contribution in [1.29, 1.82) is 0 Å². The van der Waals surface area contributed by atoms with E-state index in [4.69, 9.17) is 26.2 Å². The van der Waals surface area contributed by atoms with Gasteiger partial charge in [0.1, 0.15) is 6.42 Å². The molecule has 1 aromatic heterocycles. The van der Waals surface area contributed by atoms with Gasteiger partial charge in [-0.1, -0.05) is 54.1 Å². The molecule has 9 heteroatoms. The van der Waals surface area contributed by atoms with Gasteiger partial charge in [-0.15, -0.1) is 10.2 Å². The van der Waals surface area contributed by atoms with Crippen LogP contribution in [0.5, 0.6) is 11.5 Å². The number of hydrogen-bond acceptors (Lipinski definition) is 6. The summed E-state index contributed by atoms with van der Waals surface area (Å²) in [5.74, 6) is 0.750. The lowest BCUT2D eigenvalue weighted by atomic mass is 9.81. The van der Waals surface area contributed by atoms with Crippen LogP contribution in [0, 0.1) is 0 Å². The van der Waals surface area contributed by atoms with Gasteiger partial charge >= 0.3 is 5.97 Å². The maximum absolute atomic E-state index is 11.0. The molecule has 0 radical (unpaired) electrons. The van der Waals surface area contributed by atoms with Crippen LogP contribution in [-0.2, 0) is 17.8 Å². The quantitative estimate of drug-likeness (QED) is 0.336. The highest BCUT2D eigenvalue weighted by molar-refractivity contribution is 6.30. The molecule has 0 unspecified atom stereocenters. The molecule has 190 valence electrons. The predicted molar refractivity (Wildman–Crippen MR) is 139 cm³/mol. The van der Waals surface area contributed by atoms with Crippen molar-refractivity contribution in [2.24, 2.45) is 0 Å². The van der Waals surface area contributed by atoms with E-state index in [9.17, 15) is 4.79 Å². The van der Waals surface area contributed by atoms with Crippen molar-refractivity contribution < 1.29 is 19.4 Å². The molecule has 1 aliphatic carbocycles. The average molecular weight is 519 g/mol. The first-order chi connectivity index (χ1) is 18.0. The molecule has 37 heavy (non-hydrogen) atoms. The fourth-order valence-electron chi connectivity index (χ4n) is 5.31. The number of fused-ring (bicyclic) bond motifs is 3. The Morgan fingerprint density at radius 1 is 1.03 bits per heavy atom. The minimum absolute atomic E-state index is 0.0116. The Bertz CT molecular complexity index is 1440. The Morgan fingerprint density at radius 2 is 1.81 bits per heavy atom. The van der Waals surface area contributed by atoms with Gasteiger partial charge in [-0.3, -0.25) is 4.79 Å². The van der Waals surface area contributed by atoms with Crippen LogP contribution < -0.4 is 9.47 Å². The van der Waals surface area contributed by atoms with Crippen molar-refractivity contribution in [3.63, 3.8) is 0 Å². The Labute approximate surface area is 219 Å². The topological polar surface area (TPSA) is 99.4 Å². The van der Waals surface area contributed by atoms with Gasteiger partial charge in [0.25, 0.3) is 0 Å². The van der Waals surface area contributed by atoms with Crippen molar-refractivity contribution >= 4 is 17.6 Å². The second-order valence-corrected chi connectivity index (χ2v) is 9.48. The molecule has 3 aromatic carbocycles. The number of aryl methyl sites for hydroxylation is 1. The molecule has 0 fully saturated rings. The number of tetrazole rings is 1. The van der Waals surface area contributed by atoms with Crippen LogP contribution in [-0.4, -0.2) is 45.5 Å². The van der Waals surface area contributed by atoms with Gasteiger partial charge in [-0.25, -0.2) is 0 Å². The van der Waals surface area contributed by atoms with E-state index in [-0.39, 0.29) is 24.1 Å². The molecule has 8 nitrogen and oxygen atoms in total. The van der Waals surface area contributed by atoms with Crippen molar-refractivity contribution in [3.8, 4) is 22.6 Å². The minimum atomic E-state index is -0.983. The lowest BCUT2D eigenvalue weighted by Gasteiger charge is -2.25. The van der Waals surface area contributed by atoms with E-state index in [2.05, 4.69) is 57.9 Å². The van der Waals surface area contributed by atoms with Gasteiger partial charge < -0.3 is 14.6 Å². The van der Waals surface area contributed by atoms with Crippen LogP contribution in [0.2, 0.25) is 5.02 Å². The van der Waals surface area contributed by atoms with E-state index in [1.165, 1.54) is 15.9 Å². The van der Waals surface area contributed by atoms with E-state index in [0.717, 1.165) is 29.5 Å². The lowest BCUT2D eigenvalue weighted by Crippen LogP contribution is -2.12. The molecule has 4 aromatic rings. The van der Waals surface area contributed by atoms with E-state index in [1.807, 2.05) is 18.2 Å². The van der Waals surface area contributed by atoms with Gasteiger partial charge in [0.2, 0.25) is 0 Å². The summed E-state index contributed by atoms with van der Waals surface area (Å²) in [7, 11) is 3.30. The summed E-state index contributed by atoms with van der Waals surface area (Å²) in [6, 6.07) is 20.5. The molecular weight excluding hydrogens is 492 g/mol. The molecule has 0 aliphatic heterocycles. The number of rotatable bonds is 8. The van der Waals surface area contributed by atoms with Gasteiger partial charge in [-0.2, -0.15) is 4.80 Å². The molecule has 0 amide bonds. The largest absolute Gasteiger partial charge is 0.493 e. The molecule has 1 aliphatic rings.